The molecule has 4 fully saturated rings. The Morgan fingerprint density at radius 2 is 2.04 bits per heavy atom. The SMILES string of the molecule is C=CC1CC2=CC(=O)CCC2C2CC[C@@]3(C)C(C12)[C@@H](C)CC31CCC(=O)O1. The van der Waals surface area contributed by atoms with Gasteiger partial charge in [-0.15, -0.1) is 6.58 Å². The van der Waals surface area contributed by atoms with Gasteiger partial charge in [0.05, 0.1) is 0 Å². The fourth-order valence-electron chi connectivity index (χ4n) is 8.38. The lowest BCUT2D eigenvalue weighted by atomic mass is 9.47. The molecular weight excluding hydrogens is 336 g/mol. The van der Waals surface area contributed by atoms with Crippen molar-refractivity contribution < 1.29 is 14.3 Å². The van der Waals surface area contributed by atoms with Gasteiger partial charge in [-0.3, -0.25) is 9.59 Å². The molecule has 1 spiro atoms. The third kappa shape index (κ3) is 2.26. The van der Waals surface area contributed by atoms with Crippen LogP contribution in [0.15, 0.2) is 24.3 Å². The maximum atomic E-state index is 12.1. The van der Waals surface area contributed by atoms with Gasteiger partial charge in [-0.05, 0) is 80.1 Å². The minimum atomic E-state index is -0.233. The van der Waals surface area contributed by atoms with Gasteiger partial charge in [0.1, 0.15) is 5.60 Å². The van der Waals surface area contributed by atoms with Gasteiger partial charge in [0.2, 0.25) is 0 Å². The summed E-state index contributed by atoms with van der Waals surface area (Å²) in [6.07, 6.45) is 11.8. The lowest BCUT2D eigenvalue weighted by molar-refractivity contribution is -0.167. The van der Waals surface area contributed by atoms with Crippen LogP contribution < -0.4 is 0 Å². The van der Waals surface area contributed by atoms with E-state index >= 15 is 0 Å². The fraction of sp³-hybridized carbons (Fsp3) is 0.750. The highest BCUT2D eigenvalue weighted by Gasteiger charge is 2.69. The Morgan fingerprint density at radius 1 is 1.22 bits per heavy atom. The minimum absolute atomic E-state index is 0.00567. The van der Waals surface area contributed by atoms with Crippen LogP contribution in [0.3, 0.4) is 0 Å². The zero-order valence-corrected chi connectivity index (χ0v) is 16.7. The number of hydrogen-bond donors (Lipinski definition) is 0. The predicted molar refractivity (Wildman–Crippen MR) is 104 cm³/mol. The summed E-state index contributed by atoms with van der Waals surface area (Å²) in [4.78, 5) is 24.1. The molecule has 3 saturated carbocycles. The van der Waals surface area contributed by atoms with Crippen molar-refractivity contribution in [2.75, 3.05) is 0 Å². The van der Waals surface area contributed by atoms with E-state index in [0.717, 1.165) is 38.5 Å². The average molecular weight is 369 g/mol. The summed E-state index contributed by atoms with van der Waals surface area (Å²) < 4.78 is 6.10. The highest BCUT2D eigenvalue weighted by Crippen LogP contribution is 2.70. The predicted octanol–water partition coefficient (Wildman–Crippen LogP) is 4.86. The highest BCUT2D eigenvalue weighted by molar-refractivity contribution is 5.91. The number of hydrogen-bond acceptors (Lipinski definition) is 3. The Balaban J connectivity index is 1.55. The Labute approximate surface area is 162 Å². The number of ketones is 1. The molecule has 6 unspecified atom stereocenters. The molecule has 1 heterocycles. The van der Waals surface area contributed by atoms with Crippen molar-refractivity contribution in [3.63, 3.8) is 0 Å². The van der Waals surface area contributed by atoms with E-state index < -0.39 is 0 Å². The Kier molecular flexibility index (Phi) is 3.81. The third-order valence-corrected chi connectivity index (χ3v) is 9.30. The zero-order chi connectivity index (χ0) is 19.0. The Morgan fingerprint density at radius 3 is 2.74 bits per heavy atom. The maximum absolute atomic E-state index is 12.1. The number of rotatable bonds is 1. The average Bonchev–Trinajstić information content (AvgIpc) is 3.11. The van der Waals surface area contributed by atoms with Crippen LogP contribution in [0, 0.1) is 40.9 Å². The summed E-state index contributed by atoms with van der Waals surface area (Å²) in [6, 6.07) is 0. The summed E-state index contributed by atoms with van der Waals surface area (Å²) in [6.45, 7) is 9.01. The lowest BCUT2D eigenvalue weighted by Crippen LogP contribution is -2.54. The van der Waals surface area contributed by atoms with Gasteiger partial charge in [0.15, 0.2) is 5.78 Å². The van der Waals surface area contributed by atoms with Crippen molar-refractivity contribution in [2.24, 2.45) is 40.9 Å². The number of esters is 1. The fourth-order valence-corrected chi connectivity index (χ4v) is 8.38. The number of carbonyl (C=O) groups excluding carboxylic acids is 2. The van der Waals surface area contributed by atoms with Gasteiger partial charge in [-0.1, -0.05) is 25.5 Å². The number of carbonyl (C=O) groups is 2. The highest BCUT2D eigenvalue weighted by atomic mass is 16.6. The standard InChI is InChI=1S/C24H32O3/c1-4-15-11-16-12-17(25)5-6-18(16)19-7-9-23(3)22(21(15)19)14(2)13-24(23)10-8-20(26)27-24/h4,12,14-15,18-19,21-22H,1,5-11,13H2,2-3H3/t14-,15?,18?,19?,21?,22?,23-,24?/m0/s1. The smallest absolute Gasteiger partial charge is 0.306 e. The molecule has 0 amide bonds. The second-order valence-corrected chi connectivity index (χ2v) is 10.3. The molecule has 0 radical (unpaired) electrons. The topological polar surface area (TPSA) is 43.4 Å². The molecule has 0 aromatic carbocycles. The Hall–Kier alpha value is -1.38. The second-order valence-electron chi connectivity index (χ2n) is 10.3. The van der Waals surface area contributed by atoms with Crippen molar-refractivity contribution in [2.45, 2.75) is 70.8 Å². The summed E-state index contributed by atoms with van der Waals surface area (Å²) in [5.74, 6) is 3.79. The Bertz CT molecular complexity index is 736. The monoisotopic (exact) mass is 368 g/mol. The van der Waals surface area contributed by atoms with Gasteiger partial charge in [0, 0.05) is 18.3 Å². The molecule has 5 aliphatic rings. The van der Waals surface area contributed by atoms with Crippen LogP contribution in [-0.4, -0.2) is 17.4 Å². The van der Waals surface area contributed by atoms with Crippen LogP contribution in [0.1, 0.15) is 65.2 Å². The molecule has 1 saturated heterocycles. The molecule has 1 aliphatic heterocycles. The van der Waals surface area contributed by atoms with Crippen LogP contribution in [0.5, 0.6) is 0 Å². The van der Waals surface area contributed by atoms with Gasteiger partial charge in [-0.25, -0.2) is 0 Å². The van der Waals surface area contributed by atoms with Crippen LogP contribution in [0.2, 0.25) is 0 Å². The second kappa shape index (κ2) is 5.81. The summed E-state index contributed by atoms with van der Waals surface area (Å²) >= 11 is 0. The molecule has 3 heteroatoms. The molecule has 0 aromatic heterocycles. The summed E-state index contributed by atoms with van der Waals surface area (Å²) in [7, 11) is 0. The number of fused-ring (bicyclic) bond motifs is 6. The first-order valence-corrected chi connectivity index (χ1v) is 11.0. The molecule has 146 valence electrons. The summed E-state index contributed by atoms with van der Waals surface area (Å²) in [5.41, 5.74) is 1.25. The van der Waals surface area contributed by atoms with E-state index in [1.807, 2.05) is 6.08 Å². The molecule has 5 rings (SSSR count). The van der Waals surface area contributed by atoms with Gasteiger partial charge in [0.25, 0.3) is 0 Å². The van der Waals surface area contributed by atoms with Crippen molar-refractivity contribution in [3.05, 3.63) is 24.3 Å². The van der Waals surface area contributed by atoms with Crippen molar-refractivity contribution >= 4 is 11.8 Å². The van der Waals surface area contributed by atoms with E-state index in [9.17, 15) is 9.59 Å². The molecule has 0 bridgehead atoms. The van der Waals surface area contributed by atoms with Crippen LogP contribution in [0.4, 0.5) is 0 Å². The molecule has 0 aromatic rings. The lowest BCUT2D eigenvalue weighted by Gasteiger charge is -2.58. The molecule has 0 N–H and O–H groups in total. The van der Waals surface area contributed by atoms with Crippen molar-refractivity contribution in [3.8, 4) is 0 Å². The molecule has 4 aliphatic carbocycles. The summed E-state index contributed by atoms with van der Waals surface area (Å²) in [5, 5.41) is 0. The van der Waals surface area contributed by atoms with Crippen molar-refractivity contribution in [1.82, 2.24) is 0 Å². The molecular formula is C24H32O3. The van der Waals surface area contributed by atoms with Gasteiger partial charge < -0.3 is 4.74 Å². The largest absolute Gasteiger partial charge is 0.458 e. The van der Waals surface area contributed by atoms with Crippen LogP contribution in [0.25, 0.3) is 0 Å². The van der Waals surface area contributed by atoms with Crippen LogP contribution in [-0.2, 0) is 14.3 Å². The third-order valence-electron chi connectivity index (χ3n) is 9.30. The minimum Gasteiger partial charge on any atom is -0.458 e. The van der Waals surface area contributed by atoms with Crippen LogP contribution >= 0.6 is 0 Å². The van der Waals surface area contributed by atoms with E-state index in [2.05, 4.69) is 26.5 Å². The zero-order valence-electron chi connectivity index (χ0n) is 16.7. The first-order chi connectivity index (χ1) is 12.9. The van der Waals surface area contributed by atoms with E-state index in [4.69, 9.17) is 4.74 Å². The van der Waals surface area contributed by atoms with Gasteiger partial charge in [-0.2, -0.15) is 0 Å². The number of allylic oxidation sites excluding steroid dienone is 2. The van der Waals surface area contributed by atoms with E-state index in [1.54, 1.807) is 0 Å². The number of ether oxygens (including phenoxy) is 1. The van der Waals surface area contributed by atoms with E-state index in [1.165, 1.54) is 12.0 Å². The molecule has 27 heavy (non-hydrogen) atoms. The quantitative estimate of drug-likeness (QED) is 0.490. The molecule has 3 nitrogen and oxygen atoms in total. The van der Waals surface area contributed by atoms with E-state index in [0.29, 0.717) is 47.7 Å². The first kappa shape index (κ1) is 17.7. The first-order valence-electron chi connectivity index (χ1n) is 11.0. The normalized spacial score (nSPS) is 51.3. The van der Waals surface area contributed by atoms with Gasteiger partial charge >= 0.3 is 5.97 Å². The molecule has 8 atom stereocenters. The van der Waals surface area contributed by atoms with Crippen molar-refractivity contribution in [1.29, 1.82) is 0 Å². The maximum Gasteiger partial charge on any atom is 0.306 e. The van der Waals surface area contributed by atoms with E-state index in [-0.39, 0.29) is 17.0 Å².